The molecule has 0 spiro atoms. The normalized spacial score (nSPS) is 17.4. The Morgan fingerprint density at radius 3 is 0.649 bits per heavy atom. The van der Waals surface area contributed by atoms with Gasteiger partial charge in [0.25, 0.3) is 25.0 Å². The van der Waals surface area contributed by atoms with Gasteiger partial charge in [0.2, 0.25) is 0 Å². The van der Waals surface area contributed by atoms with Gasteiger partial charge in [0.1, 0.15) is 0 Å². The highest BCUT2D eigenvalue weighted by molar-refractivity contribution is 7.48. The average Bonchev–Trinajstić information content (AvgIpc) is 4.32. The standard InChI is InChI=1S/C63H81O7PSi3/c1-58(2,3)72(52-28-16-10-17-29-52,53-30-18-11-19-31-53)68-49-61(40-41-61)46-65-71(64,66-47-62(42-43-62)50-69-73(59(4,5)6,54-32-20-12-21-33-54)55-34-22-13-23-35-55)67-48-63(44-45-63)51-70-74(60(7,8)9,56-36-24-14-25-37-56)57-38-26-15-27-39-57/h10-39H,40-51H2,1-9H3. The molecule has 74 heavy (non-hydrogen) atoms. The van der Waals surface area contributed by atoms with Crippen LogP contribution in [0.4, 0.5) is 0 Å². The van der Waals surface area contributed by atoms with E-state index in [-0.39, 0.29) is 51.2 Å². The molecule has 3 fully saturated rings. The van der Waals surface area contributed by atoms with Crippen LogP contribution in [0.25, 0.3) is 0 Å². The van der Waals surface area contributed by atoms with Crippen LogP contribution in [0.3, 0.4) is 0 Å². The largest absolute Gasteiger partial charge is 0.474 e. The van der Waals surface area contributed by atoms with Crippen molar-refractivity contribution in [2.45, 2.75) is 116 Å². The Balaban J connectivity index is 0.981. The number of phosphoric acid groups is 1. The highest BCUT2D eigenvalue weighted by Crippen LogP contribution is 2.60. The van der Waals surface area contributed by atoms with E-state index in [0.717, 1.165) is 38.5 Å². The van der Waals surface area contributed by atoms with Crippen LogP contribution in [-0.2, 0) is 31.4 Å². The Bertz CT molecular complexity index is 2360. The zero-order valence-corrected chi connectivity index (χ0v) is 49.5. The van der Waals surface area contributed by atoms with Crippen molar-refractivity contribution in [2.24, 2.45) is 16.2 Å². The van der Waals surface area contributed by atoms with Crippen LogP contribution in [0.5, 0.6) is 0 Å². The van der Waals surface area contributed by atoms with Crippen LogP contribution in [0.2, 0.25) is 15.1 Å². The van der Waals surface area contributed by atoms with E-state index in [2.05, 4.69) is 244 Å². The molecule has 7 nitrogen and oxygen atoms in total. The molecular formula is C63H81O7PSi3. The molecule has 0 N–H and O–H groups in total. The van der Waals surface area contributed by atoms with E-state index in [1.165, 1.54) is 31.1 Å². The Morgan fingerprint density at radius 1 is 0.324 bits per heavy atom. The van der Waals surface area contributed by atoms with Gasteiger partial charge in [0.15, 0.2) is 0 Å². The van der Waals surface area contributed by atoms with Crippen LogP contribution in [0.1, 0.15) is 101 Å². The molecule has 3 aliphatic carbocycles. The SMILES string of the molecule is CC(C)(C)[Si](OCC1(COP(=O)(OCC2(CO[Si](c3ccccc3)(c3ccccc3)C(C)(C)C)CC2)OCC2(CO[Si](c3ccccc3)(c3ccccc3)C(C)(C)C)CC2)CC1)(c1ccccc1)c1ccccc1. The minimum Gasteiger partial charge on any atom is -0.407 e. The first-order valence-electron chi connectivity index (χ1n) is 27.0. The molecule has 0 radical (unpaired) electrons. The molecule has 6 aromatic rings. The van der Waals surface area contributed by atoms with E-state index in [0.29, 0.717) is 19.8 Å². The lowest BCUT2D eigenvalue weighted by Gasteiger charge is -2.44. The Kier molecular flexibility index (Phi) is 15.8. The summed E-state index contributed by atoms with van der Waals surface area (Å²) in [4.78, 5) is 0. The van der Waals surface area contributed by atoms with Gasteiger partial charge >= 0.3 is 7.82 Å². The highest BCUT2D eigenvalue weighted by atomic mass is 31.2. The number of rotatable bonds is 24. The molecule has 0 amide bonds. The Morgan fingerprint density at radius 2 is 0.500 bits per heavy atom. The summed E-state index contributed by atoms with van der Waals surface area (Å²) in [5, 5.41) is 6.86. The molecule has 0 atom stereocenters. The lowest BCUT2D eigenvalue weighted by Crippen LogP contribution is -2.67. The van der Waals surface area contributed by atoms with Gasteiger partial charge in [-0.2, -0.15) is 0 Å². The molecule has 0 saturated heterocycles. The van der Waals surface area contributed by atoms with Crippen molar-refractivity contribution in [3.63, 3.8) is 0 Å². The summed E-state index contributed by atoms with van der Waals surface area (Å²) in [5.41, 5.74) is -0.992. The summed E-state index contributed by atoms with van der Waals surface area (Å²) >= 11 is 0. The van der Waals surface area contributed by atoms with Gasteiger partial charge in [0, 0.05) is 36.1 Å². The summed E-state index contributed by atoms with van der Waals surface area (Å²) in [6.07, 6.45) is 5.40. The first-order valence-corrected chi connectivity index (χ1v) is 34.2. The van der Waals surface area contributed by atoms with Gasteiger partial charge in [-0.1, -0.05) is 244 Å². The van der Waals surface area contributed by atoms with Gasteiger partial charge in [-0.05, 0) is 84.8 Å². The molecule has 6 aromatic carbocycles. The maximum atomic E-state index is 15.7. The lowest BCUT2D eigenvalue weighted by molar-refractivity contribution is 0.0467. The summed E-state index contributed by atoms with van der Waals surface area (Å²) in [6, 6.07) is 64.6. The van der Waals surface area contributed by atoms with Crippen molar-refractivity contribution in [2.75, 3.05) is 39.6 Å². The monoisotopic (exact) mass is 1060 g/mol. The zero-order valence-electron chi connectivity index (χ0n) is 45.6. The molecule has 0 bridgehead atoms. The second-order valence-corrected chi connectivity index (χ2v) is 39.7. The first-order chi connectivity index (χ1) is 35.2. The predicted octanol–water partition coefficient (Wildman–Crippen LogP) is 12.2. The number of hydrogen-bond acceptors (Lipinski definition) is 7. The first kappa shape index (κ1) is 54.7. The van der Waals surface area contributed by atoms with Gasteiger partial charge in [0.05, 0.1) is 19.8 Å². The van der Waals surface area contributed by atoms with Crippen molar-refractivity contribution in [1.82, 2.24) is 0 Å². The molecule has 0 unspecified atom stereocenters. The van der Waals surface area contributed by atoms with Crippen molar-refractivity contribution >= 4 is 63.9 Å². The van der Waals surface area contributed by atoms with Crippen molar-refractivity contribution < 1.29 is 31.4 Å². The van der Waals surface area contributed by atoms with Crippen LogP contribution in [0.15, 0.2) is 182 Å². The average molecular weight is 1070 g/mol. The van der Waals surface area contributed by atoms with Crippen LogP contribution < -0.4 is 31.1 Å². The van der Waals surface area contributed by atoms with E-state index in [1.807, 2.05) is 0 Å². The molecule has 9 rings (SSSR count). The summed E-state index contributed by atoms with van der Waals surface area (Å²) in [5.74, 6) is 0. The van der Waals surface area contributed by atoms with Crippen molar-refractivity contribution in [1.29, 1.82) is 0 Å². The quantitative estimate of drug-likeness (QED) is 0.0442. The predicted molar refractivity (Wildman–Crippen MR) is 311 cm³/mol. The van der Waals surface area contributed by atoms with E-state index >= 15 is 4.57 Å². The molecular weight excluding hydrogens is 984 g/mol. The topological polar surface area (TPSA) is 72.5 Å². The lowest BCUT2D eigenvalue weighted by atomic mass is 10.1. The fraction of sp³-hybridized carbons (Fsp3) is 0.429. The van der Waals surface area contributed by atoms with Gasteiger partial charge in [-0.25, -0.2) is 4.57 Å². The van der Waals surface area contributed by atoms with Gasteiger partial charge < -0.3 is 13.3 Å². The van der Waals surface area contributed by atoms with Gasteiger partial charge in [-0.15, -0.1) is 0 Å². The van der Waals surface area contributed by atoms with E-state index in [4.69, 9.17) is 26.8 Å². The molecule has 0 aliphatic heterocycles. The van der Waals surface area contributed by atoms with E-state index in [9.17, 15) is 0 Å². The molecule has 11 heteroatoms. The smallest absolute Gasteiger partial charge is 0.407 e. The van der Waals surface area contributed by atoms with Crippen LogP contribution in [0, 0.1) is 16.2 Å². The maximum absolute atomic E-state index is 15.7. The summed E-state index contributed by atoms with van der Waals surface area (Å²) in [7, 11) is -12.7. The highest BCUT2D eigenvalue weighted by Gasteiger charge is 2.58. The third kappa shape index (κ3) is 11.3. The molecule has 3 aliphatic rings. The van der Waals surface area contributed by atoms with Crippen LogP contribution in [-0.4, -0.2) is 64.6 Å². The summed E-state index contributed by atoms with van der Waals surface area (Å²) in [6.45, 7) is 22.8. The van der Waals surface area contributed by atoms with Crippen molar-refractivity contribution in [3.05, 3.63) is 182 Å². The van der Waals surface area contributed by atoms with Gasteiger partial charge in [-0.3, -0.25) is 13.6 Å². The molecule has 392 valence electrons. The minimum absolute atomic E-state index is 0.182. The summed E-state index contributed by atoms with van der Waals surface area (Å²) < 4.78 is 58.4. The minimum atomic E-state index is -4.16. The second kappa shape index (κ2) is 21.4. The van der Waals surface area contributed by atoms with E-state index < -0.39 is 32.8 Å². The molecule has 0 heterocycles. The molecule has 3 saturated carbocycles. The number of phosphoric ester groups is 1. The van der Waals surface area contributed by atoms with Crippen molar-refractivity contribution in [3.8, 4) is 0 Å². The van der Waals surface area contributed by atoms with E-state index in [1.54, 1.807) is 0 Å². The third-order valence-corrected chi connectivity index (χ3v) is 32.8. The molecule has 0 aromatic heterocycles. The maximum Gasteiger partial charge on any atom is 0.474 e. The van der Waals surface area contributed by atoms with Crippen LogP contribution >= 0.6 is 7.82 Å². The Hall–Kier alpha value is -4.04. The second-order valence-electron chi connectivity index (χ2n) is 25.1. The fourth-order valence-corrected chi connectivity index (χ4v) is 26.9. The number of hydrogen-bond donors (Lipinski definition) is 0. The zero-order chi connectivity index (χ0) is 52.4. The third-order valence-electron chi connectivity index (χ3n) is 16.5. The Labute approximate surface area is 446 Å². The fourth-order valence-electron chi connectivity index (χ4n) is 11.3. The number of benzene rings is 6.